The van der Waals surface area contributed by atoms with Gasteiger partial charge in [0.2, 0.25) is 0 Å². The van der Waals surface area contributed by atoms with Crippen molar-refractivity contribution in [3.8, 4) is 5.75 Å². The topological polar surface area (TPSA) is 79.9 Å². The zero-order chi connectivity index (χ0) is 13.7. The molecule has 2 aromatic rings. The summed E-state index contributed by atoms with van der Waals surface area (Å²) in [5, 5.41) is 12.4. The number of hydrogen-bond acceptors (Lipinski definition) is 4. The summed E-state index contributed by atoms with van der Waals surface area (Å²) in [5.74, 6) is 0.469. The number of carbonyl (C=O) groups is 1. The number of aromatic nitrogens is 3. The Bertz CT molecular complexity index is 544. The smallest absolute Gasteiger partial charge is 0.273 e. The average Bonchev–Trinajstić information content (AvgIpc) is 2.90. The molecule has 19 heavy (non-hydrogen) atoms. The van der Waals surface area contributed by atoms with E-state index in [1.807, 2.05) is 31.2 Å². The maximum Gasteiger partial charge on any atom is 0.273 e. The predicted octanol–water partition coefficient (Wildman–Crippen LogP) is 1.76. The molecule has 7 heteroatoms. The number of hydrogen-bond donors (Lipinski definition) is 2. The fraction of sp³-hybridized carbons (Fsp3) is 0.250. The van der Waals surface area contributed by atoms with Crippen molar-refractivity contribution >= 4 is 21.8 Å². The largest absolute Gasteiger partial charge is 0.489 e. The second-order valence-corrected chi connectivity index (χ2v) is 4.87. The molecule has 100 valence electrons. The van der Waals surface area contributed by atoms with Crippen molar-refractivity contribution in [1.82, 2.24) is 20.7 Å². The van der Waals surface area contributed by atoms with E-state index in [9.17, 15) is 4.79 Å². The highest BCUT2D eigenvalue weighted by Gasteiger charge is 2.11. The Kier molecular flexibility index (Phi) is 4.51. The van der Waals surface area contributed by atoms with Gasteiger partial charge in [0.25, 0.3) is 5.91 Å². The normalized spacial score (nSPS) is 11.9. The van der Waals surface area contributed by atoms with Crippen LogP contribution in [0.4, 0.5) is 0 Å². The summed E-state index contributed by atoms with van der Waals surface area (Å²) in [4.78, 5) is 11.6. The van der Waals surface area contributed by atoms with E-state index >= 15 is 0 Å². The monoisotopic (exact) mass is 324 g/mol. The minimum absolute atomic E-state index is 0.148. The summed E-state index contributed by atoms with van der Waals surface area (Å²) in [6.07, 6.45) is 1.22. The summed E-state index contributed by atoms with van der Waals surface area (Å²) in [5.41, 5.74) is 0.259. The van der Waals surface area contributed by atoms with Crippen molar-refractivity contribution in [3.63, 3.8) is 0 Å². The number of amides is 1. The number of nitrogens with zero attached hydrogens (tertiary/aromatic N) is 2. The molecule has 0 aliphatic carbocycles. The van der Waals surface area contributed by atoms with Gasteiger partial charge in [-0.2, -0.15) is 15.4 Å². The lowest BCUT2D eigenvalue weighted by atomic mass is 10.3. The number of H-pyrrole nitrogens is 1. The Labute approximate surface area is 118 Å². The molecule has 1 atom stereocenters. The first-order valence-corrected chi connectivity index (χ1v) is 6.50. The lowest BCUT2D eigenvalue weighted by Gasteiger charge is -2.15. The number of ether oxygens (including phenoxy) is 1. The van der Waals surface area contributed by atoms with E-state index in [1.165, 1.54) is 6.20 Å². The molecular formula is C12H13BrN4O2. The maximum atomic E-state index is 11.6. The van der Waals surface area contributed by atoms with Gasteiger partial charge in [0, 0.05) is 4.47 Å². The van der Waals surface area contributed by atoms with Gasteiger partial charge in [-0.25, -0.2) is 0 Å². The maximum absolute atomic E-state index is 11.6. The number of rotatable bonds is 5. The van der Waals surface area contributed by atoms with E-state index in [1.54, 1.807) is 0 Å². The molecular weight excluding hydrogens is 312 g/mol. The van der Waals surface area contributed by atoms with Gasteiger partial charge in [0.05, 0.1) is 12.7 Å². The van der Waals surface area contributed by atoms with E-state index in [0.29, 0.717) is 6.54 Å². The van der Waals surface area contributed by atoms with Crippen molar-refractivity contribution in [2.45, 2.75) is 13.0 Å². The highest BCUT2D eigenvalue weighted by atomic mass is 79.9. The molecule has 0 spiro atoms. The van der Waals surface area contributed by atoms with Crippen molar-refractivity contribution in [1.29, 1.82) is 0 Å². The van der Waals surface area contributed by atoms with Crippen LogP contribution >= 0.6 is 15.9 Å². The van der Waals surface area contributed by atoms with Crippen molar-refractivity contribution in [2.75, 3.05) is 6.54 Å². The quantitative estimate of drug-likeness (QED) is 0.878. The van der Waals surface area contributed by atoms with Crippen molar-refractivity contribution in [2.24, 2.45) is 0 Å². The summed E-state index contributed by atoms with van der Waals surface area (Å²) in [7, 11) is 0. The van der Waals surface area contributed by atoms with Crippen LogP contribution in [-0.2, 0) is 0 Å². The first kappa shape index (κ1) is 13.5. The van der Waals surface area contributed by atoms with E-state index < -0.39 is 0 Å². The van der Waals surface area contributed by atoms with Crippen LogP contribution in [0.2, 0.25) is 0 Å². The minimum Gasteiger partial charge on any atom is -0.489 e. The van der Waals surface area contributed by atoms with Gasteiger partial charge in [0.15, 0.2) is 5.69 Å². The van der Waals surface area contributed by atoms with Crippen LogP contribution in [0.15, 0.2) is 34.9 Å². The van der Waals surface area contributed by atoms with Gasteiger partial charge < -0.3 is 10.1 Å². The molecule has 0 fully saturated rings. The third kappa shape index (κ3) is 4.06. The number of nitrogens with one attached hydrogen (secondary N) is 2. The Hall–Kier alpha value is -1.89. The number of benzene rings is 1. The number of halogens is 1. The fourth-order valence-corrected chi connectivity index (χ4v) is 1.83. The van der Waals surface area contributed by atoms with E-state index in [0.717, 1.165) is 10.2 Å². The molecule has 0 saturated carbocycles. The van der Waals surface area contributed by atoms with Gasteiger partial charge in [0.1, 0.15) is 11.9 Å². The molecule has 0 radical (unpaired) electrons. The minimum atomic E-state index is -0.279. The standard InChI is InChI=1S/C12H13BrN4O2/c1-8(19-10-4-2-3-9(13)5-10)6-14-12(18)11-7-15-17-16-11/h2-5,7-8H,6H2,1H3,(H,14,18)(H,15,16,17)/t8-/m0/s1. The Morgan fingerprint density at radius 1 is 1.58 bits per heavy atom. The van der Waals surface area contributed by atoms with Crippen molar-refractivity contribution in [3.05, 3.63) is 40.6 Å². The van der Waals surface area contributed by atoms with Gasteiger partial charge in [-0.05, 0) is 25.1 Å². The molecule has 1 heterocycles. The lowest BCUT2D eigenvalue weighted by molar-refractivity contribution is 0.0927. The third-order valence-corrected chi connectivity index (χ3v) is 2.82. The Morgan fingerprint density at radius 2 is 2.42 bits per heavy atom. The van der Waals surface area contributed by atoms with Crippen LogP contribution in [0.25, 0.3) is 0 Å². The molecule has 0 aliphatic rings. The molecule has 1 amide bonds. The summed E-state index contributed by atoms with van der Waals surface area (Å²) in [6, 6.07) is 7.54. The SMILES string of the molecule is C[C@@H](CNC(=O)c1cn[nH]n1)Oc1cccc(Br)c1. The molecule has 2 N–H and O–H groups in total. The Balaban J connectivity index is 1.82. The second kappa shape index (κ2) is 6.33. The molecule has 1 aromatic carbocycles. The van der Waals surface area contributed by atoms with Gasteiger partial charge >= 0.3 is 0 Å². The molecule has 2 rings (SSSR count). The van der Waals surface area contributed by atoms with E-state index in [-0.39, 0.29) is 17.7 Å². The zero-order valence-corrected chi connectivity index (χ0v) is 11.8. The summed E-state index contributed by atoms with van der Waals surface area (Å²) >= 11 is 3.37. The molecule has 0 unspecified atom stereocenters. The Morgan fingerprint density at radius 3 is 3.11 bits per heavy atom. The van der Waals surface area contributed by atoms with E-state index in [4.69, 9.17) is 4.74 Å². The molecule has 6 nitrogen and oxygen atoms in total. The van der Waals surface area contributed by atoms with Gasteiger partial charge in [-0.15, -0.1) is 0 Å². The molecule has 0 bridgehead atoms. The van der Waals surface area contributed by atoms with Crippen LogP contribution in [-0.4, -0.2) is 34.0 Å². The summed E-state index contributed by atoms with van der Waals surface area (Å²) in [6.45, 7) is 2.27. The highest BCUT2D eigenvalue weighted by molar-refractivity contribution is 9.10. The number of aromatic amines is 1. The zero-order valence-electron chi connectivity index (χ0n) is 10.3. The van der Waals surface area contributed by atoms with Crippen molar-refractivity contribution < 1.29 is 9.53 Å². The summed E-state index contributed by atoms with van der Waals surface area (Å²) < 4.78 is 6.62. The van der Waals surface area contributed by atoms with Crippen LogP contribution in [0.1, 0.15) is 17.4 Å². The lowest BCUT2D eigenvalue weighted by Crippen LogP contribution is -2.33. The highest BCUT2D eigenvalue weighted by Crippen LogP contribution is 2.18. The predicted molar refractivity (Wildman–Crippen MR) is 72.9 cm³/mol. The van der Waals surface area contributed by atoms with Crippen LogP contribution in [0.5, 0.6) is 5.75 Å². The third-order valence-electron chi connectivity index (χ3n) is 2.33. The van der Waals surface area contributed by atoms with Gasteiger partial charge in [-0.3, -0.25) is 4.79 Å². The van der Waals surface area contributed by atoms with Gasteiger partial charge in [-0.1, -0.05) is 22.0 Å². The number of carbonyl (C=O) groups excluding carboxylic acids is 1. The van der Waals surface area contributed by atoms with Crippen LogP contribution in [0.3, 0.4) is 0 Å². The molecule has 0 saturated heterocycles. The molecule has 0 aliphatic heterocycles. The fourth-order valence-electron chi connectivity index (χ4n) is 1.45. The van der Waals surface area contributed by atoms with Crippen LogP contribution in [0, 0.1) is 0 Å². The van der Waals surface area contributed by atoms with E-state index in [2.05, 4.69) is 36.7 Å². The first-order chi connectivity index (χ1) is 9.15. The molecule has 1 aromatic heterocycles. The first-order valence-electron chi connectivity index (χ1n) is 5.71. The second-order valence-electron chi connectivity index (χ2n) is 3.95. The van der Waals surface area contributed by atoms with Crippen LogP contribution < -0.4 is 10.1 Å². The average molecular weight is 325 g/mol.